The van der Waals surface area contributed by atoms with Gasteiger partial charge in [0.2, 0.25) is 0 Å². The van der Waals surface area contributed by atoms with Gasteiger partial charge in [0.05, 0.1) is 23.1 Å². The smallest absolute Gasteiger partial charge is 0.338 e. The largest absolute Gasteiger partial charge is 0.478 e. The Bertz CT molecular complexity index is 713. The number of benzene rings is 1. The summed E-state index contributed by atoms with van der Waals surface area (Å²) in [5.41, 5.74) is -0.848. The van der Waals surface area contributed by atoms with Crippen LogP contribution in [0.5, 0.6) is 0 Å². The number of aromatic carboxylic acids is 1. The molecule has 1 heterocycles. The van der Waals surface area contributed by atoms with Crippen molar-refractivity contribution < 1.29 is 23.7 Å². The number of hydrogen-bond acceptors (Lipinski definition) is 6. The average Bonchev–Trinajstić information content (AvgIpc) is 2.82. The van der Waals surface area contributed by atoms with Crippen LogP contribution < -0.4 is 5.32 Å². The van der Waals surface area contributed by atoms with Crippen molar-refractivity contribution in [3.63, 3.8) is 0 Å². The van der Waals surface area contributed by atoms with Crippen LogP contribution in [0.15, 0.2) is 22.7 Å². The number of carbonyl (C=O) groups is 1. The number of rotatable bonds is 5. The van der Waals surface area contributed by atoms with Gasteiger partial charge in [-0.15, -0.1) is 0 Å². The lowest BCUT2D eigenvalue weighted by atomic mass is 10.1. The minimum Gasteiger partial charge on any atom is -0.478 e. The van der Waals surface area contributed by atoms with E-state index in [-0.39, 0.29) is 12.2 Å². The molecule has 0 radical (unpaired) electrons. The van der Waals surface area contributed by atoms with Gasteiger partial charge < -0.3 is 14.9 Å². The van der Waals surface area contributed by atoms with Crippen molar-refractivity contribution in [2.24, 2.45) is 0 Å². The molecule has 1 aromatic heterocycles. The number of carboxylic acid groups (broad SMARTS) is 1. The first-order valence-electron chi connectivity index (χ1n) is 5.75. The van der Waals surface area contributed by atoms with Crippen molar-refractivity contribution in [2.75, 3.05) is 5.32 Å². The van der Waals surface area contributed by atoms with Crippen LogP contribution in [-0.4, -0.2) is 21.2 Å². The number of nitrogens with one attached hydrogen (secondary N) is 1. The molecule has 2 N–H and O–H groups in total. The summed E-state index contributed by atoms with van der Waals surface area (Å²) in [5, 5.41) is 26.1. The molecular formula is C12H10FN3O5. The fraction of sp³-hybridized carbons (Fsp3) is 0.167. The molecule has 2 rings (SSSR count). The highest BCUT2D eigenvalue weighted by atomic mass is 19.1. The molecule has 0 aliphatic rings. The van der Waals surface area contributed by atoms with E-state index < -0.39 is 28.0 Å². The molecule has 0 saturated carbocycles. The normalized spacial score (nSPS) is 10.4. The zero-order chi connectivity index (χ0) is 15.6. The second-order valence-electron chi connectivity index (χ2n) is 4.19. The van der Waals surface area contributed by atoms with Crippen molar-refractivity contribution in [1.82, 2.24) is 5.16 Å². The fourth-order valence-electron chi connectivity index (χ4n) is 1.71. The Morgan fingerprint density at radius 3 is 2.76 bits per heavy atom. The van der Waals surface area contributed by atoms with Gasteiger partial charge in [0, 0.05) is 6.07 Å². The minimum absolute atomic E-state index is 0.0723. The Morgan fingerprint density at radius 2 is 2.24 bits per heavy atom. The Labute approximate surface area is 117 Å². The highest BCUT2D eigenvalue weighted by molar-refractivity contribution is 5.90. The third-order valence-corrected chi connectivity index (χ3v) is 2.65. The summed E-state index contributed by atoms with van der Waals surface area (Å²) in [6.45, 7) is 1.75. The number of nitrogens with zero attached hydrogens (tertiary/aromatic N) is 2. The fourth-order valence-corrected chi connectivity index (χ4v) is 1.71. The summed E-state index contributed by atoms with van der Waals surface area (Å²) >= 11 is 0. The van der Waals surface area contributed by atoms with Crippen molar-refractivity contribution in [3.8, 4) is 0 Å². The highest BCUT2D eigenvalue weighted by Gasteiger charge is 2.21. The predicted octanol–water partition coefficient (Wildman–Crippen LogP) is 2.34. The molecule has 0 aliphatic carbocycles. The molecule has 0 bridgehead atoms. The van der Waals surface area contributed by atoms with Crippen LogP contribution in [0.25, 0.3) is 0 Å². The molecule has 0 fully saturated rings. The van der Waals surface area contributed by atoms with Gasteiger partial charge in [-0.2, -0.15) is 0 Å². The third-order valence-electron chi connectivity index (χ3n) is 2.65. The number of anilines is 1. The van der Waals surface area contributed by atoms with E-state index >= 15 is 0 Å². The van der Waals surface area contributed by atoms with E-state index in [0.29, 0.717) is 17.5 Å². The van der Waals surface area contributed by atoms with E-state index in [4.69, 9.17) is 9.63 Å². The summed E-state index contributed by atoms with van der Waals surface area (Å²) < 4.78 is 18.3. The van der Waals surface area contributed by atoms with Gasteiger partial charge in [-0.1, -0.05) is 5.16 Å². The standard InChI is InChI=1S/C12H10FN3O5/c1-6-2-7(15-21-6)5-14-10-3-8(12(17)18)9(13)4-11(10)16(19)20/h2-4,14H,5H2,1H3,(H,17,18). The van der Waals surface area contributed by atoms with E-state index in [2.05, 4.69) is 10.5 Å². The van der Waals surface area contributed by atoms with Gasteiger partial charge in [0.25, 0.3) is 5.69 Å². The van der Waals surface area contributed by atoms with Crippen LogP contribution in [0, 0.1) is 22.9 Å². The molecule has 0 saturated heterocycles. The van der Waals surface area contributed by atoms with Gasteiger partial charge in [0.15, 0.2) is 0 Å². The summed E-state index contributed by atoms with van der Waals surface area (Å²) in [5.74, 6) is -2.12. The maximum absolute atomic E-state index is 13.5. The Hall–Kier alpha value is -2.97. The number of hydrogen-bond donors (Lipinski definition) is 2. The molecule has 2 aromatic rings. The Kier molecular flexibility index (Phi) is 3.83. The van der Waals surface area contributed by atoms with Gasteiger partial charge in [0.1, 0.15) is 23.0 Å². The summed E-state index contributed by atoms with van der Waals surface area (Å²) in [4.78, 5) is 21.0. The molecule has 0 spiro atoms. The maximum atomic E-state index is 13.5. The number of halogens is 1. The number of nitro groups is 1. The van der Waals surface area contributed by atoms with Crippen LogP contribution in [0.1, 0.15) is 21.8 Å². The van der Waals surface area contributed by atoms with Crippen molar-refractivity contribution in [3.05, 3.63) is 51.1 Å². The Morgan fingerprint density at radius 1 is 1.52 bits per heavy atom. The first-order chi connectivity index (χ1) is 9.88. The predicted molar refractivity (Wildman–Crippen MR) is 68.6 cm³/mol. The van der Waals surface area contributed by atoms with Crippen LogP contribution in [0.2, 0.25) is 0 Å². The first kappa shape index (κ1) is 14.4. The maximum Gasteiger partial charge on any atom is 0.338 e. The van der Waals surface area contributed by atoms with E-state index in [1.54, 1.807) is 13.0 Å². The summed E-state index contributed by atoms with van der Waals surface area (Å²) in [6.07, 6.45) is 0. The van der Waals surface area contributed by atoms with Gasteiger partial charge >= 0.3 is 5.97 Å². The average molecular weight is 295 g/mol. The van der Waals surface area contributed by atoms with E-state index in [0.717, 1.165) is 6.07 Å². The van der Waals surface area contributed by atoms with Crippen molar-refractivity contribution in [1.29, 1.82) is 0 Å². The highest BCUT2D eigenvalue weighted by Crippen LogP contribution is 2.28. The molecule has 21 heavy (non-hydrogen) atoms. The number of nitro benzene ring substituents is 1. The Balaban J connectivity index is 2.33. The zero-order valence-corrected chi connectivity index (χ0v) is 10.8. The molecule has 9 heteroatoms. The van der Waals surface area contributed by atoms with Crippen LogP contribution >= 0.6 is 0 Å². The topological polar surface area (TPSA) is 118 Å². The number of carboxylic acids is 1. The van der Waals surface area contributed by atoms with E-state index in [1.165, 1.54) is 0 Å². The molecule has 0 aliphatic heterocycles. The van der Waals surface area contributed by atoms with Crippen LogP contribution in [-0.2, 0) is 6.54 Å². The van der Waals surface area contributed by atoms with E-state index in [1.807, 2.05) is 0 Å². The number of aryl methyl sites for hydroxylation is 1. The number of aromatic nitrogens is 1. The molecule has 1 aromatic carbocycles. The third kappa shape index (κ3) is 3.14. The zero-order valence-electron chi connectivity index (χ0n) is 10.8. The van der Waals surface area contributed by atoms with Crippen LogP contribution in [0.3, 0.4) is 0 Å². The summed E-state index contributed by atoms with van der Waals surface area (Å²) in [7, 11) is 0. The second-order valence-corrected chi connectivity index (χ2v) is 4.19. The SMILES string of the molecule is Cc1cc(CNc2cc(C(=O)O)c(F)cc2[N+](=O)[O-])no1. The second kappa shape index (κ2) is 5.57. The summed E-state index contributed by atoms with van der Waals surface area (Å²) in [6, 6.07) is 3.06. The quantitative estimate of drug-likeness (QED) is 0.641. The molecule has 0 amide bonds. The lowest BCUT2D eigenvalue weighted by molar-refractivity contribution is -0.384. The molecule has 110 valence electrons. The van der Waals surface area contributed by atoms with E-state index in [9.17, 15) is 19.3 Å². The van der Waals surface area contributed by atoms with Gasteiger partial charge in [-0.25, -0.2) is 9.18 Å². The molecule has 0 atom stereocenters. The van der Waals surface area contributed by atoms with Gasteiger partial charge in [-0.05, 0) is 13.0 Å². The van der Waals surface area contributed by atoms with Gasteiger partial charge in [-0.3, -0.25) is 10.1 Å². The lowest BCUT2D eigenvalue weighted by Gasteiger charge is -2.07. The molecular weight excluding hydrogens is 285 g/mol. The van der Waals surface area contributed by atoms with Crippen LogP contribution in [0.4, 0.5) is 15.8 Å². The molecule has 8 nitrogen and oxygen atoms in total. The molecule has 0 unspecified atom stereocenters. The lowest BCUT2D eigenvalue weighted by Crippen LogP contribution is -2.07. The van der Waals surface area contributed by atoms with Crippen molar-refractivity contribution >= 4 is 17.3 Å². The minimum atomic E-state index is -1.51. The monoisotopic (exact) mass is 295 g/mol. The van der Waals surface area contributed by atoms with Crippen molar-refractivity contribution in [2.45, 2.75) is 13.5 Å². The first-order valence-corrected chi connectivity index (χ1v) is 5.75.